The van der Waals surface area contributed by atoms with Crippen molar-refractivity contribution in [2.45, 2.75) is 110 Å². The molecule has 4 heteroatoms. The third kappa shape index (κ3) is 11.0. The van der Waals surface area contributed by atoms with Gasteiger partial charge in [-0.15, -0.1) is 0 Å². The molecule has 0 aromatic heterocycles. The Morgan fingerprint density at radius 1 is 0.444 bits per heavy atom. The second-order valence-corrected chi connectivity index (χ2v) is 17.3. The molecule has 0 amide bonds. The zero-order chi connectivity index (χ0) is 44.0. The molecule has 7 rings (SSSR count). The monoisotopic (exact) mass is 838 g/mol. The summed E-state index contributed by atoms with van der Waals surface area (Å²) in [5, 5.41) is 0. The zero-order valence-electron chi connectivity index (χ0n) is 38.1. The molecule has 6 aromatic rings. The van der Waals surface area contributed by atoms with E-state index in [0.717, 1.165) is 63.1 Å². The molecule has 6 aromatic carbocycles. The Labute approximate surface area is 377 Å². The van der Waals surface area contributed by atoms with E-state index < -0.39 is 0 Å². The first-order chi connectivity index (χ1) is 30.8. The third-order valence-corrected chi connectivity index (χ3v) is 13.0. The average molecular weight is 839 g/mol. The highest BCUT2D eigenvalue weighted by molar-refractivity contribution is 5.87. The number of unbranched alkanes of at least 4 members (excludes halogenated alkanes) is 8. The van der Waals surface area contributed by atoms with Crippen molar-refractivity contribution in [3.63, 3.8) is 0 Å². The predicted molar refractivity (Wildman–Crippen MR) is 264 cm³/mol. The largest absolute Gasteiger partial charge is 0.494 e. The van der Waals surface area contributed by atoms with Gasteiger partial charge in [-0.05, 0) is 155 Å². The number of carbonyl (C=O) groups excluding carboxylic acids is 1. The van der Waals surface area contributed by atoms with E-state index in [-0.39, 0.29) is 11.4 Å². The molecule has 0 bridgehead atoms. The van der Waals surface area contributed by atoms with Crippen molar-refractivity contribution in [3.8, 4) is 67.1 Å². The van der Waals surface area contributed by atoms with Crippen LogP contribution in [0.25, 0.3) is 55.6 Å². The summed E-state index contributed by atoms with van der Waals surface area (Å²) in [5.41, 5.74) is 15.8. The Bertz CT molecular complexity index is 2400. The van der Waals surface area contributed by atoms with Crippen molar-refractivity contribution >= 4 is 5.97 Å². The minimum absolute atomic E-state index is 0.0412. The summed E-state index contributed by atoms with van der Waals surface area (Å²) >= 11 is 0. The van der Waals surface area contributed by atoms with Gasteiger partial charge in [0.25, 0.3) is 0 Å². The van der Waals surface area contributed by atoms with Gasteiger partial charge in [0, 0.05) is 11.0 Å². The molecule has 1 aliphatic carbocycles. The number of hydrogen-bond donors (Lipinski definition) is 0. The van der Waals surface area contributed by atoms with E-state index in [9.17, 15) is 4.79 Å². The molecule has 0 unspecified atom stereocenters. The maximum Gasteiger partial charge on any atom is 0.333 e. The van der Waals surface area contributed by atoms with Gasteiger partial charge < -0.3 is 14.2 Å². The molecule has 0 N–H and O–H groups in total. The molecule has 0 atom stereocenters. The van der Waals surface area contributed by atoms with Crippen molar-refractivity contribution in [3.05, 3.63) is 157 Å². The fraction of sp³-hybridized carbons (Fsp3) is 0.339. The number of fused-ring (bicyclic) bond motifs is 3. The van der Waals surface area contributed by atoms with E-state index in [1.165, 1.54) is 98.9 Å². The molecular formula is C59H66O4. The number of ether oxygens (including phenoxy) is 3. The van der Waals surface area contributed by atoms with Gasteiger partial charge in [0.1, 0.15) is 11.5 Å². The van der Waals surface area contributed by atoms with Crippen LogP contribution in [-0.2, 0) is 14.9 Å². The molecule has 0 saturated carbocycles. The summed E-state index contributed by atoms with van der Waals surface area (Å²) in [7, 11) is 0. The van der Waals surface area contributed by atoms with Crippen LogP contribution in [0.5, 0.6) is 11.5 Å². The predicted octanol–water partition coefficient (Wildman–Crippen LogP) is 16.2. The van der Waals surface area contributed by atoms with Crippen LogP contribution in [0.15, 0.2) is 146 Å². The van der Waals surface area contributed by atoms with Gasteiger partial charge in [-0.25, -0.2) is 4.79 Å². The number of carbonyl (C=O) groups is 1. The van der Waals surface area contributed by atoms with Crippen molar-refractivity contribution in [2.24, 2.45) is 0 Å². The Morgan fingerprint density at radius 2 is 0.778 bits per heavy atom. The smallest absolute Gasteiger partial charge is 0.333 e. The van der Waals surface area contributed by atoms with E-state index in [4.69, 9.17) is 14.2 Å². The summed E-state index contributed by atoms with van der Waals surface area (Å²) in [6.45, 7) is 14.1. The Hall–Kier alpha value is -5.87. The topological polar surface area (TPSA) is 44.8 Å². The fourth-order valence-corrected chi connectivity index (χ4v) is 9.17. The summed E-state index contributed by atoms with van der Waals surface area (Å²) in [4.78, 5) is 11.5. The van der Waals surface area contributed by atoms with E-state index in [1.54, 1.807) is 6.92 Å². The lowest BCUT2D eigenvalue weighted by molar-refractivity contribution is -0.139. The SMILES string of the molecule is C=C(C)C(=O)OCCCCCCOc1ccc(-c2ccc(-c3ccc4c(c3)C(CC)(CC)c3cc(-c5ccc(-c6ccc(OCCCCCCCC)cc6)cc5)ccc3-4)cc2)cc1. The summed E-state index contributed by atoms with van der Waals surface area (Å²) in [6, 6.07) is 49.2. The molecule has 1 aliphatic rings. The van der Waals surface area contributed by atoms with E-state index in [1.807, 2.05) is 0 Å². The summed E-state index contributed by atoms with van der Waals surface area (Å²) in [5.74, 6) is 1.52. The van der Waals surface area contributed by atoms with E-state index in [2.05, 4.69) is 161 Å². The van der Waals surface area contributed by atoms with Crippen LogP contribution in [0, 0.1) is 0 Å². The molecule has 0 spiro atoms. The molecule has 0 heterocycles. The van der Waals surface area contributed by atoms with Gasteiger partial charge in [0.2, 0.25) is 0 Å². The number of esters is 1. The maximum atomic E-state index is 11.5. The van der Waals surface area contributed by atoms with Crippen molar-refractivity contribution < 1.29 is 19.0 Å². The Morgan fingerprint density at radius 3 is 1.16 bits per heavy atom. The van der Waals surface area contributed by atoms with Crippen molar-refractivity contribution in [1.82, 2.24) is 0 Å². The molecule has 0 radical (unpaired) electrons. The van der Waals surface area contributed by atoms with Crippen molar-refractivity contribution in [1.29, 1.82) is 0 Å². The first kappa shape index (κ1) is 45.2. The lowest BCUT2D eigenvalue weighted by Crippen LogP contribution is -2.23. The zero-order valence-corrected chi connectivity index (χ0v) is 38.1. The molecular weight excluding hydrogens is 773 g/mol. The minimum atomic E-state index is -0.311. The first-order valence-electron chi connectivity index (χ1n) is 23.6. The maximum absolute atomic E-state index is 11.5. The van der Waals surface area contributed by atoms with Gasteiger partial charge in [0.05, 0.1) is 19.8 Å². The van der Waals surface area contributed by atoms with Gasteiger partial charge in [-0.1, -0.05) is 157 Å². The standard InChI is InChI=1S/C59H66O4/c1-6-9-10-11-12-15-38-61-52-32-26-46(27-33-52)44-18-22-48(23-19-44)50-30-36-54-55-37-31-51(42-57(55)59(7-2,8-3)56(54)41-50)49-24-20-45(21-25-49)47-28-34-53(35-29-47)62-39-16-13-14-17-40-63-58(60)43(4)5/h18-37,41-42H,4,6-17,38-40H2,1-3,5H3. The third-order valence-electron chi connectivity index (χ3n) is 13.0. The van der Waals surface area contributed by atoms with Crippen LogP contribution < -0.4 is 9.47 Å². The average Bonchev–Trinajstić information content (AvgIpc) is 3.61. The second-order valence-electron chi connectivity index (χ2n) is 17.3. The first-order valence-corrected chi connectivity index (χ1v) is 23.6. The highest BCUT2D eigenvalue weighted by atomic mass is 16.5. The second kappa shape index (κ2) is 22.0. The summed E-state index contributed by atoms with van der Waals surface area (Å²) < 4.78 is 17.2. The van der Waals surface area contributed by atoms with Crippen molar-refractivity contribution in [2.75, 3.05) is 19.8 Å². The minimum Gasteiger partial charge on any atom is -0.494 e. The summed E-state index contributed by atoms with van der Waals surface area (Å²) in [6.07, 6.45) is 13.6. The lowest BCUT2D eigenvalue weighted by Gasteiger charge is -2.30. The fourth-order valence-electron chi connectivity index (χ4n) is 9.17. The molecule has 0 fully saturated rings. The number of benzene rings is 6. The quantitative estimate of drug-likeness (QED) is 0.0366. The van der Waals surface area contributed by atoms with Crippen LogP contribution in [0.2, 0.25) is 0 Å². The van der Waals surface area contributed by atoms with Gasteiger partial charge in [-0.2, -0.15) is 0 Å². The van der Waals surface area contributed by atoms with E-state index >= 15 is 0 Å². The van der Waals surface area contributed by atoms with Crippen LogP contribution >= 0.6 is 0 Å². The molecule has 0 saturated heterocycles. The van der Waals surface area contributed by atoms with Crippen LogP contribution in [0.4, 0.5) is 0 Å². The number of hydrogen-bond acceptors (Lipinski definition) is 4. The van der Waals surface area contributed by atoms with Gasteiger partial charge in [-0.3, -0.25) is 0 Å². The van der Waals surface area contributed by atoms with Crippen LogP contribution in [-0.4, -0.2) is 25.8 Å². The molecule has 63 heavy (non-hydrogen) atoms. The van der Waals surface area contributed by atoms with Gasteiger partial charge >= 0.3 is 5.97 Å². The Balaban J connectivity index is 0.960. The number of rotatable bonds is 23. The highest BCUT2D eigenvalue weighted by Crippen LogP contribution is 2.54. The van der Waals surface area contributed by atoms with Gasteiger partial charge in [0.15, 0.2) is 0 Å². The van der Waals surface area contributed by atoms with E-state index in [0.29, 0.717) is 18.8 Å². The molecule has 0 aliphatic heterocycles. The normalized spacial score (nSPS) is 12.4. The molecule has 326 valence electrons. The lowest BCUT2D eigenvalue weighted by atomic mass is 9.73. The Kier molecular flexibility index (Phi) is 15.7. The molecule has 4 nitrogen and oxygen atoms in total. The van der Waals surface area contributed by atoms with Crippen LogP contribution in [0.3, 0.4) is 0 Å². The van der Waals surface area contributed by atoms with Crippen LogP contribution in [0.1, 0.15) is 116 Å². The highest BCUT2D eigenvalue weighted by Gasteiger charge is 2.40.